The number of rotatable bonds is 5. The van der Waals surface area contributed by atoms with Gasteiger partial charge in [-0.05, 0) is 50.2 Å². The lowest BCUT2D eigenvalue weighted by Crippen LogP contribution is -2.08. The Morgan fingerprint density at radius 3 is 2.55 bits per heavy atom. The molecule has 0 amide bonds. The minimum absolute atomic E-state index is 0.519. The molecule has 2 heterocycles. The molecule has 0 saturated heterocycles. The quantitative estimate of drug-likeness (QED) is 0.405. The third kappa shape index (κ3) is 4.39. The fourth-order valence-corrected chi connectivity index (χ4v) is 4.09. The molecule has 7 heteroatoms. The van der Waals surface area contributed by atoms with Crippen LogP contribution in [-0.2, 0) is 0 Å². The molecule has 29 heavy (non-hydrogen) atoms. The first-order chi connectivity index (χ1) is 14.0. The third-order valence-corrected chi connectivity index (χ3v) is 5.95. The van der Waals surface area contributed by atoms with Gasteiger partial charge in [-0.3, -0.25) is 0 Å². The SMILES string of the molecule is Cc1ccc(N(C)c2nc(C)c(-c3ccnc(Nc4cccc(Cl)c4)n3)s2)cc1. The smallest absolute Gasteiger partial charge is 0.227 e. The van der Waals surface area contributed by atoms with Gasteiger partial charge < -0.3 is 10.2 Å². The summed E-state index contributed by atoms with van der Waals surface area (Å²) in [4.78, 5) is 16.9. The Balaban J connectivity index is 1.61. The first-order valence-corrected chi connectivity index (χ1v) is 10.3. The van der Waals surface area contributed by atoms with Crippen molar-refractivity contribution in [2.45, 2.75) is 13.8 Å². The maximum Gasteiger partial charge on any atom is 0.227 e. The Labute approximate surface area is 179 Å². The van der Waals surface area contributed by atoms with E-state index in [9.17, 15) is 0 Å². The van der Waals surface area contributed by atoms with Crippen molar-refractivity contribution in [3.8, 4) is 10.6 Å². The van der Waals surface area contributed by atoms with E-state index in [1.165, 1.54) is 5.56 Å². The third-order valence-electron chi connectivity index (χ3n) is 4.46. The summed E-state index contributed by atoms with van der Waals surface area (Å²) >= 11 is 7.67. The van der Waals surface area contributed by atoms with Crippen LogP contribution in [0, 0.1) is 13.8 Å². The van der Waals surface area contributed by atoms with Crippen LogP contribution in [0.5, 0.6) is 0 Å². The van der Waals surface area contributed by atoms with Crippen molar-refractivity contribution in [2.24, 2.45) is 0 Å². The van der Waals surface area contributed by atoms with Gasteiger partial charge in [-0.15, -0.1) is 0 Å². The lowest BCUT2D eigenvalue weighted by atomic mass is 10.2. The molecule has 2 aromatic carbocycles. The number of anilines is 4. The molecule has 1 N–H and O–H groups in total. The Bertz CT molecular complexity index is 1140. The van der Waals surface area contributed by atoms with E-state index in [-0.39, 0.29) is 0 Å². The average molecular weight is 422 g/mol. The zero-order valence-corrected chi connectivity index (χ0v) is 17.9. The van der Waals surface area contributed by atoms with E-state index in [4.69, 9.17) is 16.6 Å². The number of benzene rings is 2. The minimum atomic E-state index is 0.519. The van der Waals surface area contributed by atoms with E-state index in [1.807, 2.05) is 44.3 Å². The molecule has 4 rings (SSSR count). The number of hydrogen-bond donors (Lipinski definition) is 1. The Morgan fingerprint density at radius 2 is 1.79 bits per heavy atom. The molecular weight excluding hydrogens is 402 g/mol. The normalized spacial score (nSPS) is 10.8. The first kappa shape index (κ1) is 19.4. The molecule has 0 aliphatic heterocycles. The van der Waals surface area contributed by atoms with Crippen LogP contribution in [0.4, 0.5) is 22.5 Å². The van der Waals surface area contributed by atoms with Gasteiger partial charge in [0.2, 0.25) is 5.95 Å². The average Bonchev–Trinajstić information content (AvgIpc) is 3.10. The van der Waals surface area contributed by atoms with Crippen LogP contribution in [0.15, 0.2) is 60.8 Å². The number of hydrogen-bond acceptors (Lipinski definition) is 6. The molecule has 0 unspecified atom stereocenters. The highest BCUT2D eigenvalue weighted by atomic mass is 35.5. The zero-order valence-electron chi connectivity index (χ0n) is 16.3. The van der Waals surface area contributed by atoms with E-state index in [0.29, 0.717) is 11.0 Å². The first-order valence-electron chi connectivity index (χ1n) is 9.13. The van der Waals surface area contributed by atoms with Gasteiger partial charge in [0.25, 0.3) is 0 Å². The summed E-state index contributed by atoms with van der Waals surface area (Å²) in [5.41, 5.74) is 4.95. The largest absolute Gasteiger partial charge is 0.324 e. The summed E-state index contributed by atoms with van der Waals surface area (Å²) in [7, 11) is 2.03. The Hall–Kier alpha value is -2.96. The second kappa shape index (κ2) is 8.19. The summed E-state index contributed by atoms with van der Waals surface area (Å²) in [5, 5.41) is 4.78. The summed E-state index contributed by atoms with van der Waals surface area (Å²) in [5.74, 6) is 0.519. The fraction of sp³-hybridized carbons (Fsp3) is 0.136. The van der Waals surface area contributed by atoms with Crippen molar-refractivity contribution in [3.05, 3.63) is 77.1 Å². The number of halogens is 1. The summed E-state index contributed by atoms with van der Waals surface area (Å²) in [6.07, 6.45) is 1.75. The minimum Gasteiger partial charge on any atom is -0.324 e. The highest BCUT2D eigenvalue weighted by molar-refractivity contribution is 7.19. The second-order valence-electron chi connectivity index (χ2n) is 6.71. The second-order valence-corrected chi connectivity index (χ2v) is 8.12. The number of aryl methyl sites for hydroxylation is 2. The Morgan fingerprint density at radius 1 is 1.00 bits per heavy atom. The molecular formula is C22H20ClN5S. The van der Waals surface area contributed by atoms with E-state index in [0.717, 1.165) is 32.8 Å². The lowest BCUT2D eigenvalue weighted by Gasteiger charge is -2.15. The lowest BCUT2D eigenvalue weighted by molar-refractivity contribution is 1.13. The highest BCUT2D eigenvalue weighted by Gasteiger charge is 2.15. The van der Waals surface area contributed by atoms with Gasteiger partial charge in [0.1, 0.15) is 0 Å². The molecule has 146 valence electrons. The van der Waals surface area contributed by atoms with Crippen LogP contribution in [0.25, 0.3) is 10.6 Å². The van der Waals surface area contributed by atoms with Gasteiger partial charge in [-0.2, -0.15) is 0 Å². The molecule has 0 aliphatic carbocycles. The van der Waals surface area contributed by atoms with E-state index in [1.54, 1.807) is 17.5 Å². The van der Waals surface area contributed by atoms with Gasteiger partial charge >= 0.3 is 0 Å². The van der Waals surface area contributed by atoms with E-state index in [2.05, 4.69) is 51.4 Å². The number of nitrogens with one attached hydrogen (secondary N) is 1. The highest BCUT2D eigenvalue weighted by Crippen LogP contribution is 2.36. The van der Waals surface area contributed by atoms with Gasteiger partial charge in [-0.1, -0.05) is 46.7 Å². The zero-order chi connectivity index (χ0) is 20.4. The molecule has 0 radical (unpaired) electrons. The topological polar surface area (TPSA) is 53.9 Å². The van der Waals surface area contributed by atoms with Crippen molar-refractivity contribution >= 4 is 45.4 Å². The standard InChI is InChI=1S/C22H20ClN5S/c1-14-7-9-18(10-8-14)28(3)22-25-15(2)20(29-22)19-11-12-24-21(27-19)26-17-6-4-5-16(23)13-17/h4-13H,1-3H3,(H,24,26,27). The monoisotopic (exact) mass is 421 g/mol. The van der Waals surface area contributed by atoms with Crippen molar-refractivity contribution in [3.63, 3.8) is 0 Å². The van der Waals surface area contributed by atoms with Crippen molar-refractivity contribution in [1.29, 1.82) is 0 Å². The molecule has 0 fully saturated rings. The van der Waals surface area contributed by atoms with Crippen LogP contribution in [0.2, 0.25) is 5.02 Å². The van der Waals surface area contributed by atoms with E-state index < -0.39 is 0 Å². The Kier molecular flexibility index (Phi) is 5.47. The molecule has 0 saturated carbocycles. The van der Waals surface area contributed by atoms with Crippen molar-refractivity contribution in [1.82, 2.24) is 15.0 Å². The maximum absolute atomic E-state index is 6.06. The van der Waals surface area contributed by atoms with Crippen molar-refractivity contribution < 1.29 is 0 Å². The van der Waals surface area contributed by atoms with E-state index >= 15 is 0 Å². The van der Waals surface area contributed by atoms with Crippen LogP contribution in [-0.4, -0.2) is 22.0 Å². The van der Waals surface area contributed by atoms with Crippen LogP contribution >= 0.6 is 22.9 Å². The predicted molar refractivity (Wildman–Crippen MR) is 122 cm³/mol. The molecule has 4 aromatic rings. The number of nitrogens with zero attached hydrogens (tertiary/aromatic N) is 4. The van der Waals surface area contributed by atoms with Crippen LogP contribution < -0.4 is 10.2 Å². The molecule has 5 nitrogen and oxygen atoms in total. The van der Waals surface area contributed by atoms with Gasteiger partial charge in [0.15, 0.2) is 5.13 Å². The molecule has 0 atom stereocenters. The maximum atomic E-state index is 6.06. The van der Waals surface area contributed by atoms with Crippen LogP contribution in [0.3, 0.4) is 0 Å². The van der Waals surface area contributed by atoms with Crippen LogP contribution in [0.1, 0.15) is 11.3 Å². The van der Waals surface area contributed by atoms with Crippen molar-refractivity contribution in [2.75, 3.05) is 17.3 Å². The van der Waals surface area contributed by atoms with Gasteiger partial charge in [0, 0.05) is 29.6 Å². The molecule has 0 aliphatic rings. The summed E-state index contributed by atoms with van der Waals surface area (Å²) < 4.78 is 0. The molecule has 2 aromatic heterocycles. The summed E-state index contributed by atoms with van der Waals surface area (Å²) in [6, 6.07) is 17.8. The predicted octanol–water partition coefficient (Wildman–Crippen LogP) is 6.38. The number of aromatic nitrogens is 3. The summed E-state index contributed by atoms with van der Waals surface area (Å²) in [6.45, 7) is 4.09. The number of thiazole rings is 1. The van der Waals surface area contributed by atoms with Gasteiger partial charge in [0.05, 0.1) is 16.3 Å². The molecule has 0 bridgehead atoms. The van der Waals surface area contributed by atoms with Gasteiger partial charge in [-0.25, -0.2) is 15.0 Å². The molecule has 0 spiro atoms. The fourth-order valence-electron chi connectivity index (χ4n) is 2.88.